The van der Waals surface area contributed by atoms with Crippen molar-refractivity contribution in [3.8, 4) is 0 Å². The maximum atomic E-state index is 11.1. The molecule has 0 aliphatic rings. The van der Waals surface area contributed by atoms with E-state index in [-0.39, 0.29) is 11.9 Å². The minimum atomic E-state index is 0.0538. The summed E-state index contributed by atoms with van der Waals surface area (Å²) in [6, 6.07) is 0. The molecule has 84 valence electrons. The number of rotatable bonds is 6. The lowest BCUT2D eigenvalue weighted by atomic mass is 10.2. The zero-order valence-corrected chi connectivity index (χ0v) is 10.3. The van der Waals surface area contributed by atoms with Crippen molar-refractivity contribution in [1.29, 1.82) is 0 Å². The minimum Gasteiger partial charge on any atom is -0.371 e. The molecule has 1 aromatic rings. The van der Waals surface area contributed by atoms with Gasteiger partial charge in [0.15, 0.2) is 5.78 Å². The van der Waals surface area contributed by atoms with Crippen molar-refractivity contribution in [2.75, 3.05) is 6.61 Å². The minimum absolute atomic E-state index is 0.0538. The van der Waals surface area contributed by atoms with Gasteiger partial charge < -0.3 is 4.74 Å². The Hall–Kier alpha value is -0.740. The van der Waals surface area contributed by atoms with Gasteiger partial charge in [-0.25, -0.2) is 4.98 Å². The standard InChI is InChI=1S/C11H17NO2S/c1-4-6-9(14-5-2)11-12-7-10(15-11)8(3)13/h7,9H,4-6H2,1-3H3. The van der Waals surface area contributed by atoms with E-state index in [1.165, 1.54) is 11.3 Å². The Morgan fingerprint density at radius 2 is 2.33 bits per heavy atom. The van der Waals surface area contributed by atoms with Crippen LogP contribution in [-0.2, 0) is 4.74 Å². The number of ether oxygens (including phenoxy) is 1. The number of carbonyl (C=O) groups is 1. The van der Waals surface area contributed by atoms with E-state index in [0.717, 1.165) is 17.8 Å². The van der Waals surface area contributed by atoms with E-state index in [9.17, 15) is 4.79 Å². The molecule has 3 nitrogen and oxygen atoms in total. The lowest BCUT2D eigenvalue weighted by Crippen LogP contribution is -2.03. The van der Waals surface area contributed by atoms with Crippen molar-refractivity contribution < 1.29 is 9.53 Å². The second-order valence-corrected chi connectivity index (χ2v) is 4.41. The number of hydrogen-bond acceptors (Lipinski definition) is 4. The van der Waals surface area contributed by atoms with Gasteiger partial charge in [0.25, 0.3) is 0 Å². The molecule has 0 aromatic carbocycles. The fourth-order valence-corrected chi connectivity index (χ4v) is 2.24. The van der Waals surface area contributed by atoms with Gasteiger partial charge in [-0.15, -0.1) is 11.3 Å². The molecule has 15 heavy (non-hydrogen) atoms. The van der Waals surface area contributed by atoms with Crippen molar-refractivity contribution in [2.45, 2.75) is 39.7 Å². The van der Waals surface area contributed by atoms with Crippen LogP contribution in [-0.4, -0.2) is 17.4 Å². The first kappa shape index (κ1) is 12.3. The molecule has 1 rings (SSSR count). The quantitative estimate of drug-likeness (QED) is 0.700. The summed E-state index contributed by atoms with van der Waals surface area (Å²) in [5.74, 6) is 0.0745. The number of thiazole rings is 1. The molecule has 0 saturated heterocycles. The summed E-state index contributed by atoms with van der Waals surface area (Å²) >= 11 is 1.44. The predicted octanol–water partition coefficient (Wildman–Crippen LogP) is 3.22. The fourth-order valence-electron chi connectivity index (χ4n) is 1.34. The third kappa shape index (κ3) is 3.39. The molecular formula is C11H17NO2S. The lowest BCUT2D eigenvalue weighted by Gasteiger charge is -2.12. The summed E-state index contributed by atoms with van der Waals surface area (Å²) in [6.45, 7) is 6.33. The van der Waals surface area contributed by atoms with Gasteiger partial charge in [0.05, 0.1) is 4.88 Å². The molecule has 0 saturated carbocycles. The number of hydrogen-bond donors (Lipinski definition) is 0. The first-order valence-corrected chi connectivity index (χ1v) is 6.08. The van der Waals surface area contributed by atoms with Crippen molar-refractivity contribution in [3.05, 3.63) is 16.1 Å². The highest BCUT2D eigenvalue weighted by Crippen LogP contribution is 2.27. The molecule has 4 heteroatoms. The Labute approximate surface area is 94.5 Å². The molecule has 0 fully saturated rings. The van der Waals surface area contributed by atoms with Crippen LogP contribution in [0.1, 0.15) is 54.4 Å². The van der Waals surface area contributed by atoms with Crippen LogP contribution in [0, 0.1) is 0 Å². The Morgan fingerprint density at radius 3 is 2.80 bits per heavy atom. The SMILES string of the molecule is CCCC(OCC)c1ncc(C(C)=O)s1. The first-order chi connectivity index (χ1) is 7.19. The molecule has 0 N–H and O–H groups in total. The average Bonchev–Trinajstić information content (AvgIpc) is 2.66. The van der Waals surface area contributed by atoms with E-state index >= 15 is 0 Å². The molecule has 0 radical (unpaired) electrons. The number of carbonyl (C=O) groups excluding carboxylic acids is 1. The Kier molecular flexibility index (Phi) is 4.91. The highest BCUT2D eigenvalue weighted by Gasteiger charge is 2.15. The van der Waals surface area contributed by atoms with Crippen LogP contribution < -0.4 is 0 Å². The van der Waals surface area contributed by atoms with Crippen molar-refractivity contribution >= 4 is 17.1 Å². The van der Waals surface area contributed by atoms with Crippen LogP contribution in [0.15, 0.2) is 6.20 Å². The smallest absolute Gasteiger partial charge is 0.171 e. The largest absolute Gasteiger partial charge is 0.371 e. The van der Waals surface area contributed by atoms with Crippen molar-refractivity contribution in [1.82, 2.24) is 4.98 Å². The Balaban J connectivity index is 2.76. The van der Waals surface area contributed by atoms with Crippen LogP contribution in [0.5, 0.6) is 0 Å². The van der Waals surface area contributed by atoms with Gasteiger partial charge in [0, 0.05) is 19.7 Å². The highest BCUT2D eigenvalue weighted by atomic mass is 32.1. The Bertz CT molecular complexity index is 316. The maximum absolute atomic E-state index is 11.1. The number of ketones is 1. The maximum Gasteiger partial charge on any atom is 0.171 e. The summed E-state index contributed by atoms with van der Waals surface area (Å²) in [5, 5.41) is 0.920. The van der Waals surface area contributed by atoms with Crippen LogP contribution in [0.3, 0.4) is 0 Å². The topological polar surface area (TPSA) is 39.2 Å². The molecule has 1 heterocycles. The highest BCUT2D eigenvalue weighted by molar-refractivity contribution is 7.13. The van der Waals surface area contributed by atoms with Gasteiger partial charge in [-0.3, -0.25) is 4.79 Å². The van der Waals surface area contributed by atoms with E-state index in [2.05, 4.69) is 11.9 Å². The fraction of sp³-hybridized carbons (Fsp3) is 0.636. The summed E-state index contributed by atoms with van der Waals surface area (Å²) in [6.07, 6.45) is 3.71. The van der Waals surface area contributed by atoms with E-state index in [1.807, 2.05) is 6.92 Å². The second kappa shape index (κ2) is 5.98. The van der Waals surface area contributed by atoms with E-state index in [4.69, 9.17) is 4.74 Å². The monoisotopic (exact) mass is 227 g/mol. The Morgan fingerprint density at radius 1 is 1.60 bits per heavy atom. The average molecular weight is 227 g/mol. The summed E-state index contributed by atoms with van der Waals surface area (Å²) < 4.78 is 5.60. The molecule has 1 atom stereocenters. The number of aromatic nitrogens is 1. The molecule has 0 amide bonds. The molecular weight excluding hydrogens is 210 g/mol. The van der Waals surface area contributed by atoms with Gasteiger partial charge in [-0.05, 0) is 13.3 Å². The molecule has 0 bridgehead atoms. The molecule has 1 unspecified atom stereocenters. The zero-order valence-electron chi connectivity index (χ0n) is 9.45. The second-order valence-electron chi connectivity index (χ2n) is 3.35. The first-order valence-electron chi connectivity index (χ1n) is 5.27. The van der Waals surface area contributed by atoms with Crippen molar-refractivity contribution in [3.63, 3.8) is 0 Å². The summed E-state index contributed by atoms with van der Waals surface area (Å²) in [5.41, 5.74) is 0. The van der Waals surface area contributed by atoms with Gasteiger partial charge in [0.2, 0.25) is 0 Å². The van der Waals surface area contributed by atoms with Crippen LogP contribution in [0.25, 0.3) is 0 Å². The molecule has 0 spiro atoms. The van der Waals surface area contributed by atoms with Gasteiger partial charge >= 0.3 is 0 Å². The third-order valence-electron chi connectivity index (χ3n) is 2.06. The van der Waals surface area contributed by atoms with Gasteiger partial charge in [0.1, 0.15) is 11.1 Å². The third-order valence-corrected chi connectivity index (χ3v) is 3.25. The number of nitrogens with zero attached hydrogens (tertiary/aromatic N) is 1. The zero-order chi connectivity index (χ0) is 11.3. The molecule has 0 aliphatic heterocycles. The van der Waals surface area contributed by atoms with E-state index in [0.29, 0.717) is 11.5 Å². The lowest BCUT2D eigenvalue weighted by molar-refractivity contribution is 0.0555. The summed E-state index contributed by atoms with van der Waals surface area (Å²) in [4.78, 5) is 16.1. The van der Waals surface area contributed by atoms with E-state index < -0.39 is 0 Å². The number of Topliss-reactive ketones (excluding diaryl/α,β-unsaturated/α-hetero) is 1. The molecule has 1 aromatic heterocycles. The van der Waals surface area contributed by atoms with E-state index in [1.54, 1.807) is 13.1 Å². The predicted molar refractivity (Wildman–Crippen MR) is 61.4 cm³/mol. The van der Waals surface area contributed by atoms with Gasteiger partial charge in [-0.1, -0.05) is 13.3 Å². The van der Waals surface area contributed by atoms with Crippen LogP contribution >= 0.6 is 11.3 Å². The van der Waals surface area contributed by atoms with Crippen molar-refractivity contribution in [2.24, 2.45) is 0 Å². The summed E-state index contributed by atoms with van der Waals surface area (Å²) in [7, 11) is 0. The van der Waals surface area contributed by atoms with Crippen LogP contribution in [0.2, 0.25) is 0 Å². The van der Waals surface area contributed by atoms with Gasteiger partial charge in [-0.2, -0.15) is 0 Å². The molecule has 0 aliphatic carbocycles. The van der Waals surface area contributed by atoms with Crippen LogP contribution in [0.4, 0.5) is 0 Å². The normalized spacial score (nSPS) is 12.7.